The second kappa shape index (κ2) is 2.85. The van der Waals surface area contributed by atoms with Crippen molar-refractivity contribution >= 4 is 11.6 Å². The lowest BCUT2D eigenvalue weighted by atomic mass is 9.88. The van der Waals surface area contributed by atoms with Crippen molar-refractivity contribution in [2.45, 2.75) is 19.8 Å². The predicted molar refractivity (Wildman–Crippen MR) is 52.6 cm³/mol. The van der Waals surface area contributed by atoms with Crippen LogP contribution in [0.2, 0.25) is 0 Å². The van der Waals surface area contributed by atoms with E-state index in [1.165, 1.54) is 6.33 Å². The maximum absolute atomic E-state index is 11.8. The van der Waals surface area contributed by atoms with Crippen molar-refractivity contribution in [3.8, 4) is 0 Å². The largest absolute Gasteiger partial charge is 0.294 e. The van der Waals surface area contributed by atoms with E-state index in [0.29, 0.717) is 23.7 Å². The molecule has 0 saturated carbocycles. The van der Waals surface area contributed by atoms with Crippen LogP contribution in [-0.2, 0) is 6.42 Å². The van der Waals surface area contributed by atoms with Crippen LogP contribution in [-0.4, -0.2) is 25.4 Å². The summed E-state index contributed by atoms with van der Waals surface area (Å²) >= 11 is 0. The van der Waals surface area contributed by atoms with Crippen molar-refractivity contribution in [3.05, 3.63) is 23.8 Å². The second-order valence-electron chi connectivity index (χ2n) is 4.04. The summed E-state index contributed by atoms with van der Waals surface area (Å²) in [6.07, 6.45) is 4.64. The molecule has 2 heterocycles. The molecule has 0 spiro atoms. The van der Waals surface area contributed by atoms with Gasteiger partial charge in [-0.25, -0.2) is 9.50 Å². The smallest absolute Gasteiger partial charge is 0.252 e. The van der Waals surface area contributed by atoms with Gasteiger partial charge < -0.3 is 0 Å². The molecule has 3 rings (SSSR count). The third-order valence-corrected chi connectivity index (χ3v) is 2.73. The van der Waals surface area contributed by atoms with Gasteiger partial charge in [0.25, 0.3) is 5.78 Å². The molecule has 76 valence electrons. The summed E-state index contributed by atoms with van der Waals surface area (Å²) in [6, 6.07) is 0. The molecule has 1 atom stereocenters. The average molecular weight is 202 g/mol. The van der Waals surface area contributed by atoms with Gasteiger partial charge in [-0.05, 0) is 12.3 Å². The fourth-order valence-corrected chi connectivity index (χ4v) is 2.01. The van der Waals surface area contributed by atoms with Gasteiger partial charge in [0, 0.05) is 12.6 Å². The summed E-state index contributed by atoms with van der Waals surface area (Å²) in [5.41, 5.74) is 1.56. The van der Waals surface area contributed by atoms with Crippen LogP contribution in [0, 0.1) is 5.92 Å². The van der Waals surface area contributed by atoms with E-state index in [1.54, 1.807) is 10.7 Å². The minimum atomic E-state index is 0.161. The number of hydrogen-bond donors (Lipinski definition) is 0. The molecule has 0 aromatic carbocycles. The predicted octanol–water partition coefficient (Wildman–Crippen LogP) is 0.889. The molecule has 0 radical (unpaired) electrons. The Labute approximate surface area is 86.2 Å². The maximum atomic E-state index is 11.8. The van der Waals surface area contributed by atoms with Crippen LogP contribution >= 0.6 is 0 Å². The lowest BCUT2D eigenvalue weighted by Crippen LogP contribution is -2.20. The first-order valence-corrected chi connectivity index (χ1v) is 4.96. The lowest BCUT2D eigenvalue weighted by molar-refractivity contribution is 0.0951. The molecular weight excluding hydrogens is 192 g/mol. The molecule has 15 heavy (non-hydrogen) atoms. The van der Waals surface area contributed by atoms with Gasteiger partial charge in [0.15, 0.2) is 5.78 Å². The molecule has 0 aliphatic heterocycles. The number of nitrogens with zero attached hydrogens (tertiary/aromatic N) is 4. The highest BCUT2D eigenvalue weighted by Gasteiger charge is 2.24. The molecular formula is C10H10N4O. The molecule has 0 unspecified atom stereocenters. The fourth-order valence-electron chi connectivity index (χ4n) is 2.01. The van der Waals surface area contributed by atoms with Crippen molar-refractivity contribution < 1.29 is 4.79 Å². The highest BCUT2D eigenvalue weighted by atomic mass is 16.1. The normalized spacial score (nSPS) is 20.6. The first kappa shape index (κ1) is 8.52. The zero-order chi connectivity index (χ0) is 10.4. The molecule has 0 fully saturated rings. The fraction of sp³-hybridized carbons (Fsp3) is 0.400. The van der Waals surface area contributed by atoms with Crippen molar-refractivity contribution in [1.29, 1.82) is 0 Å². The topological polar surface area (TPSA) is 60.2 Å². The Hall–Kier alpha value is -1.78. The lowest BCUT2D eigenvalue weighted by Gasteiger charge is -2.18. The Bertz CT molecular complexity index is 545. The molecule has 0 N–H and O–H groups in total. The summed E-state index contributed by atoms with van der Waals surface area (Å²) < 4.78 is 1.55. The van der Waals surface area contributed by atoms with Crippen LogP contribution in [0.15, 0.2) is 12.5 Å². The highest BCUT2D eigenvalue weighted by molar-refractivity contribution is 5.98. The van der Waals surface area contributed by atoms with E-state index in [4.69, 9.17) is 0 Å². The first-order valence-electron chi connectivity index (χ1n) is 4.96. The van der Waals surface area contributed by atoms with Gasteiger partial charge in [0.05, 0.1) is 11.3 Å². The van der Waals surface area contributed by atoms with Gasteiger partial charge in [0.2, 0.25) is 0 Å². The van der Waals surface area contributed by atoms with Gasteiger partial charge in [-0.3, -0.25) is 4.79 Å². The molecule has 1 aliphatic rings. The van der Waals surface area contributed by atoms with Gasteiger partial charge in [-0.1, -0.05) is 6.92 Å². The summed E-state index contributed by atoms with van der Waals surface area (Å²) in [5.74, 6) is 1.10. The molecule has 5 heteroatoms. The molecule has 0 bridgehead atoms. The monoisotopic (exact) mass is 202 g/mol. The van der Waals surface area contributed by atoms with Crippen molar-refractivity contribution in [2.24, 2.45) is 5.92 Å². The third kappa shape index (κ3) is 1.23. The Morgan fingerprint density at radius 3 is 3.20 bits per heavy atom. The molecule has 5 nitrogen and oxygen atoms in total. The van der Waals surface area contributed by atoms with Gasteiger partial charge in [-0.2, -0.15) is 10.1 Å². The molecule has 2 aromatic heterocycles. The zero-order valence-electron chi connectivity index (χ0n) is 8.34. The second-order valence-corrected chi connectivity index (χ2v) is 4.04. The number of fused-ring (bicyclic) bond motifs is 2. The van der Waals surface area contributed by atoms with Crippen molar-refractivity contribution in [3.63, 3.8) is 0 Å². The van der Waals surface area contributed by atoms with E-state index in [9.17, 15) is 4.79 Å². The Morgan fingerprint density at radius 1 is 1.47 bits per heavy atom. The zero-order valence-corrected chi connectivity index (χ0v) is 8.34. The van der Waals surface area contributed by atoms with E-state index in [-0.39, 0.29) is 5.78 Å². The van der Waals surface area contributed by atoms with E-state index in [1.807, 2.05) is 0 Å². The van der Waals surface area contributed by atoms with Crippen LogP contribution < -0.4 is 0 Å². The van der Waals surface area contributed by atoms with E-state index >= 15 is 0 Å². The van der Waals surface area contributed by atoms with Crippen molar-refractivity contribution in [2.75, 3.05) is 0 Å². The minimum absolute atomic E-state index is 0.161. The van der Waals surface area contributed by atoms with Gasteiger partial charge >= 0.3 is 0 Å². The first-order chi connectivity index (χ1) is 7.24. The number of carbonyl (C=O) groups excluding carboxylic acids is 1. The van der Waals surface area contributed by atoms with Gasteiger partial charge in [-0.15, -0.1) is 0 Å². The Balaban J connectivity index is 2.26. The van der Waals surface area contributed by atoms with Crippen LogP contribution in [0.5, 0.6) is 0 Å². The summed E-state index contributed by atoms with van der Waals surface area (Å²) in [4.78, 5) is 20.1. The highest BCUT2D eigenvalue weighted by Crippen LogP contribution is 2.23. The van der Waals surface area contributed by atoms with Crippen LogP contribution in [0.3, 0.4) is 0 Å². The molecule has 0 amide bonds. The van der Waals surface area contributed by atoms with Crippen molar-refractivity contribution in [1.82, 2.24) is 19.6 Å². The number of ketones is 1. The number of hydrogen-bond acceptors (Lipinski definition) is 4. The SMILES string of the molecule is C[C@H]1CC(=O)c2cn3ncnc3nc2C1. The van der Waals surface area contributed by atoms with E-state index < -0.39 is 0 Å². The minimum Gasteiger partial charge on any atom is -0.294 e. The maximum Gasteiger partial charge on any atom is 0.252 e. The van der Waals surface area contributed by atoms with E-state index in [2.05, 4.69) is 22.0 Å². The molecule has 1 aliphatic carbocycles. The number of carbonyl (C=O) groups is 1. The van der Waals surface area contributed by atoms with Crippen LogP contribution in [0.4, 0.5) is 0 Å². The van der Waals surface area contributed by atoms with E-state index in [0.717, 1.165) is 12.1 Å². The number of rotatable bonds is 0. The molecule has 0 saturated heterocycles. The van der Waals surface area contributed by atoms with Crippen LogP contribution in [0.1, 0.15) is 29.4 Å². The summed E-state index contributed by atoms with van der Waals surface area (Å²) in [5, 5.41) is 3.97. The number of Topliss-reactive ketones (excluding diaryl/α,β-unsaturated/α-hetero) is 1. The van der Waals surface area contributed by atoms with Crippen LogP contribution in [0.25, 0.3) is 5.78 Å². The Kier molecular flexibility index (Phi) is 1.62. The van der Waals surface area contributed by atoms with Gasteiger partial charge in [0.1, 0.15) is 6.33 Å². The summed E-state index contributed by atoms with van der Waals surface area (Å²) in [6.45, 7) is 2.07. The standard InChI is InChI=1S/C10H10N4O/c1-6-2-8-7(9(15)3-6)4-14-10(13-8)11-5-12-14/h4-6H,2-3H2,1H3/t6-/m1/s1. The summed E-state index contributed by atoms with van der Waals surface area (Å²) in [7, 11) is 0. The quantitative estimate of drug-likeness (QED) is 0.636. The average Bonchev–Trinajstić information content (AvgIpc) is 2.61. The number of aromatic nitrogens is 4. The third-order valence-electron chi connectivity index (χ3n) is 2.73. The molecule has 2 aromatic rings. The Morgan fingerprint density at radius 2 is 2.33 bits per heavy atom.